The molecule has 0 unspecified atom stereocenters. The van der Waals surface area contributed by atoms with Gasteiger partial charge in [0.25, 0.3) is 0 Å². The molecule has 0 aliphatic heterocycles. The van der Waals surface area contributed by atoms with Gasteiger partial charge in [-0.15, -0.1) is 0 Å². The number of H-pyrrole nitrogens is 2. The highest BCUT2D eigenvalue weighted by atomic mass is 19.1. The molecule has 0 radical (unpaired) electrons. The normalized spacial score (nSPS) is 11.5. The van der Waals surface area contributed by atoms with Crippen molar-refractivity contribution in [2.75, 3.05) is 0 Å². The molecule has 0 saturated carbocycles. The lowest BCUT2D eigenvalue weighted by molar-refractivity contribution is 0.627. The number of halogens is 1. The lowest BCUT2D eigenvalue weighted by Crippen LogP contribution is -1.86. The van der Waals surface area contributed by atoms with E-state index in [0.717, 1.165) is 49.8 Å². The maximum Gasteiger partial charge on any atom is 0.178 e. The molecule has 6 nitrogen and oxygen atoms in total. The predicted molar refractivity (Wildman–Crippen MR) is 127 cm³/mol. The molecule has 4 aromatic heterocycles. The summed E-state index contributed by atoms with van der Waals surface area (Å²) >= 11 is 0. The van der Waals surface area contributed by atoms with Crippen LogP contribution in [0, 0.1) is 19.7 Å². The Kier molecular flexibility index (Phi) is 4.29. The number of aromatic nitrogens is 6. The molecule has 0 amide bonds. The van der Waals surface area contributed by atoms with Crippen LogP contribution in [-0.2, 0) is 0 Å². The zero-order valence-electron chi connectivity index (χ0n) is 18.0. The van der Waals surface area contributed by atoms with Gasteiger partial charge >= 0.3 is 0 Å². The molecule has 2 N–H and O–H groups in total. The van der Waals surface area contributed by atoms with Gasteiger partial charge in [0.2, 0.25) is 0 Å². The van der Waals surface area contributed by atoms with Gasteiger partial charge in [-0.1, -0.05) is 12.1 Å². The summed E-state index contributed by atoms with van der Waals surface area (Å²) in [4.78, 5) is 16.8. The lowest BCUT2D eigenvalue weighted by Gasteiger charge is -2.05. The summed E-state index contributed by atoms with van der Waals surface area (Å²) in [6.45, 7) is 3.94. The molecule has 0 saturated heterocycles. The summed E-state index contributed by atoms with van der Waals surface area (Å²) in [7, 11) is 0. The number of fused-ring (bicyclic) bond motifs is 2. The van der Waals surface area contributed by atoms with Crippen LogP contribution in [0.25, 0.3) is 55.8 Å². The Bertz CT molecular complexity index is 1640. The number of aryl methyl sites for hydroxylation is 2. The van der Waals surface area contributed by atoms with E-state index in [1.807, 2.05) is 37.4 Å². The number of hydrogen-bond donors (Lipinski definition) is 2. The molecule has 6 rings (SSSR count). The quantitative estimate of drug-likeness (QED) is 0.359. The second kappa shape index (κ2) is 7.34. The lowest BCUT2D eigenvalue weighted by atomic mass is 10.0. The number of aromatic amines is 2. The number of hydrogen-bond acceptors (Lipinski definition) is 4. The van der Waals surface area contributed by atoms with E-state index in [2.05, 4.69) is 44.2 Å². The summed E-state index contributed by atoms with van der Waals surface area (Å²) < 4.78 is 14.1. The molecule has 4 heterocycles. The molecule has 0 spiro atoms. The molecule has 0 bridgehead atoms. The fourth-order valence-corrected chi connectivity index (χ4v) is 4.28. The molecule has 0 aliphatic carbocycles. The largest absolute Gasteiger partial charge is 0.335 e. The van der Waals surface area contributed by atoms with Gasteiger partial charge in [-0.25, -0.2) is 14.4 Å². The summed E-state index contributed by atoms with van der Waals surface area (Å²) in [5, 5.41) is 8.56. The minimum absolute atomic E-state index is 0.272. The number of imidazole rings is 1. The second-order valence-electron chi connectivity index (χ2n) is 8.18. The van der Waals surface area contributed by atoms with Crippen molar-refractivity contribution < 1.29 is 4.39 Å². The van der Waals surface area contributed by atoms with Crippen LogP contribution >= 0.6 is 0 Å². The molecule has 7 heteroatoms. The zero-order chi connectivity index (χ0) is 22.5. The van der Waals surface area contributed by atoms with Crippen molar-refractivity contribution in [2.45, 2.75) is 13.8 Å². The smallest absolute Gasteiger partial charge is 0.178 e. The number of pyridine rings is 2. The van der Waals surface area contributed by atoms with Gasteiger partial charge in [-0.3, -0.25) is 10.1 Å². The van der Waals surface area contributed by atoms with Crippen molar-refractivity contribution in [1.82, 2.24) is 30.1 Å². The number of benzene rings is 2. The Morgan fingerprint density at radius 1 is 0.879 bits per heavy atom. The fraction of sp³-hybridized carbons (Fsp3) is 0.0769. The molecule has 6 aromatic rings. The predicted octanol–water partition coefficient (Wildman–Crippen LogP) is 5.99. The highest BCUT2D eigenvalue weighted by Crippen LogP contribution is 2.33. The van der Waals surface area contributed by atoms with Crippen LogP contribution in [0.1, 0.15) is 11.1 Å². The third kappa shape index (κ3) is 3.25. The van der Waals surface area contributed by atoms with E-state index in [9.17, 15) is 4.39 Å². The standard InChI is InChI=1S/C26H19FN6/c1-14-9-17(11-18(27)10-14)19-6-8-29-25-23(19)30-26(31-25)24-20-12-16(3-4-22(20)32-33-24)21-13-28-7-5-15(21)2/h3-13H,1-2H3,(H,32,33)(H,29,30,31). The van der Waals surface area contributed by atoms with Crippen molar-refractivity contribution in [3.8, 4) is 33.8 Å². The molecule has 0 fully saturated rings. The molecular formula is C26H19FN6. The number of nitrogens with one attached hydrogen (secondary N) is 2. The monoisotopic (exact) mass is 434 g/mol. The van der Waals surface area contributed by atoms with Gasteiger partial charge in [-0.05, 0) is 72.5 Å². The summed E-state index contributed by atoms with van der Waals surface area (Å²) in [5.41, 5.74) is 8.65. The van der Waals surface area contributed by atoms with Crippen molar-refractivity contribution in [2.24, 2.45) is 0 Å². The first-order valence-corrected chi connectivity index (χ1v) is 10.6. The van der Waals surface area contributed by atoms with Gasteiger partial charge in [-0.2, -0.15) is 5.10 Å². The van der Waals surface area contributed by atoms with E-state index < -0.39 is 0 Å². The molecule has 160 valence electrons. The fourth-order valence-electron chi connectivity index (χ4n) is 4.28. The van der Waals surface area contributed by atoms with Crippen molar-refractivity contribution in [3.05, 3.63) is 84.1 Å². The molecular weight excluding hydrogens is 415 g/mol. The topological polar surface area (TPSA) is 83.1 Å². The number of nitrogens with zero attached hydrogens (tertiary/aromatic N) is 4. The van der Waals surface area contributed by atoms with Crippen LogP contribution in [0.2, 0.25) is 0 Å². The van der Waals surface area contributed by atoms with Crippen LogP contribution in [0.3, 0.4) is 0 Å². The van der Waals surface area contributed by atoms with Crippen LogP contribution in [0.4, 0.5) is 4.39 Å². The van der Waals surface area contributed by atoms with Gasteiger partial charge in [0.15, 0.2) is 11.5 Å². The Morgan fingerprint density at radius 3 is 2.64 bits per heavy atom. The van der Waals surface area contributed by atoms with E-state index in [1.165, 1.54) is 12.1 Å². The van der Waals surface area contributed by atoms with Gasteiger partial charge in [0, 0.05) is 35.1 Å². The van der Waals surface area contributed by atoms with Gasteiger partial charge < -0.3 is 4.98 Å². The van der Waals surface area contributed by atoms with E-state index >= 15 is 0 Å². The maximum atomic E-state index is 14.1. The summed E-state index contributed by atoms with van der Waals surface area (Å²) in [6, 6.07) is 15.0. The van der Waals surface area contributed by atoms with Crippen LogP contribution in [0.5, 0.6) is 0 Å². The second-order valence-corrected chi connectivity index (χ2v) is 8.18. The first kappa shape index (κ1) is 19.3. The molecule has 0 atom stereocenters. The minimum Gasteiger partial charge on any atom is -0.335 e. The average molecular weight is 434 g/mol. The van der Waals surface area contributed by atoms with Crippen LogP contribution < -0.4 is 0 Å². The van der Waals surface area contributed by atoms with E-state index in [-0.39, 0.29) is 5.82 Å². The maximum absolute atomic E-state index is 14.1. The van der Waals surface area contributed by atoms with Crippen LogP contribution in [0.15, 0.2) is 67.1 Å². The molecule has 2 aromatic carbocycles. The third-order valence-electron chi connectivity index (χ3n) is 5.88. The summed E-state index contributed by atoms with van der Waals surface area (Å²) in [6.07, 6.45) is 5.35. The van der Waals surface area contributed by atoms with E-state index in [1.54, 1.807) is 12.4 Å². The van der Waals surface area contributed by atoms with Crippen LogP contribution in [-0.4, -0.2) is 30.1 Å². The Labute approximate surface area is 188 Å². The van der Waals surface area contributed by atoms with Crippen molar-refractivity contribution >= 4 is 22.1 Å². The summed E-state index contributed by atoms with van der Waals surface area (Å²) in [5.74, 6) is 0.329. The zero-order valence-corrected chi connectivity index (χ0v) is 18.0. The Morgan fingerprint density at radius 2 is 1.79 bits per heavy atom. The van der Waals surface area contributed by atoms with Gasteiger partial charge in [0.05, 0.1) is 11.0 Å². The van der Waals surface area contributed by atoms with E-state index in [0.29, 0.717) is 17.2 Å². The molecule has 0 aliphatic rings. The minimum atomic E-state index is -0.272. The highest BCUT2D eigenvalue weighted by Gasteiger charge is 2.17. The number of rotatable bonds is 3. The average Bonchev–Trinajstić information content (AvgIpc) is 3.42. The first-order chi connectivity index (χ1) is 16.1. The van der Waals surface area contributed by atoms with Gasteiger partial charge in [0.1, 0.15) is 11.5 Å². The SMILES string of the molecule is Cc1cc(F)cc(-c2ccnc3nc(-c4n[nH]c5ccc(-c6cnccc6C)cc45)[nH]c23)c1. The first-order valence-electron chi connectivity index (χ1n) is 10.6. The Balaban J connectivity index is 1.52. The van der Waals surface area contributed by atoms with Crippen molar-refractivity contribution in [3.63, 3.8) is 0 Å². The Hall–Kier alpha value is -4.39. The van der Waals surface area contributed by atoms with Crippen molar-refractivity contribution in [1.29, 1.82) is 0 Å². The third-order valence-corrected chi connectivity index (χ3v) is 5.88. The van der Waals surface area contributed by atoms with E-state index in [4.69, 9.17) is 4.98 Å². The highest BCUT2D eigenvalue weighted by molar-refractivity contribution is 5.97. The molecule has 33 heavy (non-hydrogen) atoms.